The molecule has 2 aliphatic rings. The molecule has 2 aromatic carbocycles. The van der Waals surface area contributed by atoms with E-state index in [-0.39, 0.29) is 0 Å². The van der Waals surface area contributed by atoms with Crippen LogP contribution in [0.4, 0.5) is 0 Å². The first-order chi connectivity index (χ1) is 13.8. The Labute approximate surface area is 165 Å². The fourth-order valence-electron chi connectivity index (χ4n) is 4.75. The van der Waals surface area contributed by atoms with Gasteiger partial charge in [0.25, 0.3) is 0 Å². The zero-order chi connectivity index (χ0) is 19.1. The molecule has 5 rings (SSSR count). The number of fused-ring (bicyclic) bond motifs is 4. The molecule has 144 valence electrons. The first kappa shape index (κ1) is 17.3. The molecule has 5 heteroatoms. The zero-order valence-corrected chi connectivity index (χ0v) is 16.3. The van der Waals surface area contributed by atoms with Crippen LogP contribution in [0, 0.1) is 0 Å². The quantitative estimate of drug-likeness (QED) is 0.672. The Morgan fingerprint density at radius 3 is 2.61 bits per heavy atom. The fraction of sp³-hybridized carbons (Fsp3) is 0.348. The van der Waals surface area contributed by atoms with E-state index in [0.29, 0.717) is 12.1 Å². The van der Waals surface area contributed by atoms with Crippen molar-refractivity contribution in [2.24, 2.45) is 0 Å². The lowest BCUT2D eigenvalue weighted by Gasteiger charge is -2.35. The zero-order valence-electron chi connectivity index (χ0n) is 16.3. The van der Waals surface area contributed by atoms with E-state index in [1.807, 2.05) is 18.2 Å². The Balaban J connectivity index is 1.43. The first-order valence-electron chi connectivity index (χ1n) is 9.86. The molecule has 1 saturated heterocycles. The van der Waals surface area contributed by atoms with Crippen molar-refractivity contribution in [2.75, 3.05) is 14.2 Å². The highest BCUT2D eigenvalue weighted by Gasteiger charge is 2.41. The van der Waals surface area contributed by atoms with Gasteiger partial charge in [0.2, 0.25) is 0 Å². The highest BCUT2D eigenvalue weighted by Crippen LogP contribution is 2.45. The van der Waals surface area contributed by atoms with Crippen molar-refractivity contribution in [1.82, 2.24) is 14.7 Å². The SMILES string of the molecule is COc1ccc(-n2ncc3c2C[C@H]2CC[C@H]3N2Cc2cccc(OC)c2)cc1. The molecule has 2 aliphatic heterocycles. The van der Waals surface area contributed by atoms with E-state index in [9.17, 15) is 0 Å². The summed E-state index contributed by atoms with van der Waals surface area (Å²) in [5, 5.41) is 4.74. The van der Waals surface area contributed by atoms with Gasteiger partial charge in [0.1, 0.15) is 11.5 Å². The van der Waals surface area contributed by atoms with Crippen LogP contribution in [0.1, 0.15) is 35.7 Å². The number of hydrogen-bond acceptors (Lipinski definition) is 4. The third kappa shape index (κ3) is 2.87. The van der Waals surface area contributed by atoms with E-state index in [4.69, 9.17) is 14.6 Å². The number of benzene rings is 2. The maximum atomic E-state index is 5.40. The molecule has 5 nitrogen and oxygen atoms in total. The number of aromatic nitrogens is 2. The molecule has 0 unspecified atom stereocenters. The second kappa shape index (κ2) is 6.99. The van der Waals surface area contributed by atoms with Crippen molar-refractivity contribution in [1.29, 1.82) is 0 Å². The Bertz CT molecular complexity index is 980. The lowest BCUT2D eigenvalue weighted by molar-refractivity contribution is 0.167. The fourth-order valence-corrected chi connectivity index (χ4v) is 4.75. The van der Waals surface area contributed by atoms with Crippen LogP contribution in [0.2, 0.25) is 0 Å². The van der Waals surface area contributed by atoms with Gasteiger partial charge in [-0.25, -0.2) is 4.68 Å². The topological polar surface area (TPSA) is 39.5 Å². The summed E-state index contributed by atoms with van der Waals surface area (Å²) in [5.41, 5.74) is 5.15. The van der Waals surface area contributed by atoms with Gasteiger partial charge >= 0.3 is 0 Å². The van der Waals surface area contributed by atoms with Gasteiger partial charge in [-0.3, -0.25) is 4.90 Å². The molecule has 3 heterocycles. The standard InChI is InChI=1S/C23H25N3O2/c1-27-19-9-6-17(7-10-19)26-23-13-18-8-11-22(21(23)14-24-26)25(18)15-16-4-3-5-20(12-16)28-2/h3-7,9-10,12,14,18,22H,8,11,13,15H2,1-2H3/t18-,22-/m1/s1. The summed E-state index contributed by atoms with van der Waals surface area (Å²) in [7, 11) is 3.42. The van der Waals surface area contributed by atoms with E-state index in [1.54, 1.807) is 14.2 Å². The number of nitrogens with zero attached hydrogens (tertiary/aromatic N) is 3. The van der Waals surface area contributed by atoms with Gasteiger partial charge < -0.3 is 9.47 Å². The molecule has 0 saturated carbocycles. The number of rotatable bonds is 5. The largest absolute Gasteiger partial charge is 0.497 e. The van der Waals surface area contributed by atoms with Crippen LogP contribution < -0.4 is 9.47 Å². The summed E-state index contributed by atoms with van der Waals surface area (Å²) in [5.74, 6) is 1.80. The van der Waals surface area contributed by atoms with Gasteiger partial charge in [0, 0.05) is 30.6 Å². The summed E-state index contributed by atoms with van der Waals surface area (Å²) in [6.45, 7) is 0.958. The van der Waals surface area contributed by atoms with E-state index >= 15 is 0 Å². The summed E-state index contributed by atoms with van der Waals surface area (Å²) in [4.78, 5) is 2.65. The average molecular weight is 375 g/mol. The monoisotopic (exact) mass is 375 g/mol. The van der Waals surface area contributed by atoms with Crippen LogP contribution in [0.5, 0.6) is 11.5 Å². The minimum absolute atomic E-state index is 0.451. The van der Waals surface area contributed by atoms with Crippen LogP contribution in [-0.2, 0) is 13.0 Å². The Hall–Kier alpha value is -2.79. The lowest BCUT2D eigenvalue weighted by atomic mass is 9.99. The van der Waals surface area contributed by atoms with Crippen molar-refractivity contribution in [3.8, 4) is 17.2 Å². The Kier molecular flexibility index (Phi) is 4.32. The Morgan fingerprint density at radius 1 is 1.00 bits per heavy atom. The van der Waals surface area contributed by atoms with Gasteiger partial charge in [-0.05, 0) is 54.8 Å². The summed E-state index contributed by atoms with van der Waals surface area (Å²) >= 11 is 0. The smallest absolute Gasteiger partial charge is 0.119 e. The molecule has 0 spiro atoms. The molecule has 0 aliphatic carbocycles. The average Bonchev–Trinajstić information content (AvgIpc) is 3.28. The maximum Gasteiger partial charge on any atom is 0.119 e. The van der Waals surface area contributed by atoms with Crippen LogP contribution in [0.15, 0.2) is 54.7 Å². The van der Waals surface area contributed by atoms with Crippen LogP contribution >= 0.6 is 0 Å². The van der Waals surface area contributed by atoms with Gasteiger partial charge in [-0.1, -0.05) is 12.1 Å². The lowest BCUT2D eigenvalue weighted by Crippen LogP contribution is -2.37. The molecule has 1 fully saturated rings. The van der Waals surface area contributed by atoms with Crippen molar-refractivity contribution in [2.45, 2.75) is 37.9 Å². The molecule has 0 radical (unpaired) electrons. The van der Waals surface area contributed by atoms with E-state index < -0.39 is 0 Å². The Morgan fingerprint density at radius 2 is 1.82 bits per heavy atom. The summed E-state index contributed by atoms with van der Waals surface area (Å²) in [6.07, 6.45) is 5.56. The van der Waals surface area contributed by atoms with Crippen LogP contribution in [-0.4, -0.2) is 34.9 Å². The molecule has 28 heavy (non-hydrogen) atoms. The van der Waals surface area contributed by atoms with Crippen LogP contribution in [0.25, 0.3) is 5.69 Å². The van der Waals surface area contributed by atoms with Crippen molar-refractivity contribution in [3.63, 3.8) is 0 Å². The van der Waals surface area contributed by atoms with Crippen LogP contribution in [0.3, 0.4) is 0 Å². The van der Waals surface area contributed by atoms with Gasteiger partial charge in [-0.2, -0.15) is 5.10 Å². The van der Waals surface area contributed by atoms with E-state index in [1.165, 1.54) is 29.7 Å². The van der Waals surface area contributed by atoms with Gasteiger partial charge in [0.15, 0.2) is 0 Å². The molecule has 2 bridgehead atoms. The molecule has 1 aromatic heterocycles. The summed E-state index contributed by atoms with van der Waals surface area (Å²) < 4.78 is 12.8. The highest BCUT2D eigenvalue weighted by molar-refractivity contribution is 5.41. The third-order valence-corrected chi connectivity index (χ3v) is 6.15. The first-order valence-corrected chi connectivity index (χ1v) is 9.86. The van der Waals surface area contributed by atoms with Crippen molar-refractivity contribution in [3.05, 3.63) is 71.5 Å². The predicted molar refractivity (Wildman–Crippen MR) is 108 cm³/mol. The second-order valence-corrected chi connectivity index (χ2v) is 7.63. The molecule has 0 amide bonds. The molecular weight excluding hydrogens is 350 g/mol. The van der Waals surface area contributed by atoms with Crippen molar-refractivity contribution >= 4 is 0 Å². The third-order valence-electron chi connectivity index (χ3n) is 6.15. The molecule has 3 aromatic rings. The number of hydrogen-bond donors (Lipinski definition) is 0. The van der Waals surface area contributed by atoms with Gasteiger partial charge in [-0.15, -0.1) is 0 Å². The minimum Gasteiger partial charge on any atom is -0.497 e. The molecule has 0 N–H and O–H groups in total. The maximum absolute atomic E-state index is 5.40. The molecule has 2 atom stereocenters. The highest BCUT2D eigenvalue weighted by atomic mass is 16.5. The normalized spacial score (nSPS) is 20.8. The predicted octanol–water partition coefficient (Wildman–Crippen LogP) is 4.15. The number of methoxy groups -OCH3 is 2. The molecular formula is C23H25N3O2. The minimum atomic E-state index is 0.451. The van der Waals surface area contributed by atoms with E-state index in [2.05, 4.69) is 46.1 Å². The summed E-state index contributed by atoms with van der Waals surface area (Å²) in [6, 6.07) is 17.6. The van der Waals surface area contributed by atoms with E-state index in [0.717, 1.165) is 30.2 Å². The van der Waals surface area contributed by atoms with Crippen molar-refractivity contribution < 1.29 is 9.47 Å². The second-order valence-electron chi connectivity index (χ2n) is 7.63. The van der Waals surface area contributed by atoms with Gasteiger partial charge in [0.05, 0.1) is 31.8 Å². The number of ether oxygens (including phenoxy) is 2.